The quantitative estimate of drug-likeness (QED) is 0.556. The Morgan fingerprint density at radius 3 is 0.909 bits per heavy atom. The molecule has 22 heavy (non-hydrogen) atoms. The standard InChI is InChI=1S/2C7H16NO.2CH4.2Y/c2*1-6(9-5)7(2,3)8-4;;;;/h2*6H,1-5H3;2*1H4;;/q2*-1;;;;. The molecule has 2 atom stereocenters. The Morgan fingerprint density at radius 1 is 0.682 bits per heavy atom. The van der Waals surface area contributed by atoms with Gasteiger partial charge in [-0.3, -0.25) is 0 Å². The Balaban J connectivity index is -0.0000000492. The molecule has 0 saturated heterocycles. The summed E-state index contributed by atoms with van der Waals surface area (Å²) in [6, 6.07) is 0. The van der Waals surface area contributed by atoms with Gasteiger partial charge < -0.3 is 20.1 Å². The molecule has 0 bridgehead atoms. The maximum absolute atomic E-state index is 5.11. The van der Waals surface area contributed by atoms with E-state index >= 15 is 0 Å². The molecule has 0 amide bonds. The molecule has 0 rings (SSSR count). The minimum Gasteiger partial charge on any atom is -0.658 e. The van der Waals surface area contributed by atoms with Gasteiger partial charge in [-0.15, -0.1) is 11.1 Å². The predicted octanol–water partition coefficient (Wildman–Crippen LogP) is 4.87. The van der Waals surface area contributed by atoms with Gasteiger partial charge in [0.15, 0.2) is 0 Å². The summed E-state index contributed by atoms with van der Waals surface area (Å²) >= 11 is 0. The first-order valence-corrected chi connectivity index (χ1v) is 6.36. The fourth-order valence-electron chi connectivity index (χ4n) is 0.940. The van der Waals surface area contributed by atoms with Crippen LogP contribution in [-0.2, 0) is 74.9 Å². The van der Waals surface area contributed by atoms with Gasteiger partial charge in [-0.05, 0) is 13.8 Å². The minimum absolute atomic E-state index is 0. The van der Waals surface area contributed by atoms with Gasteiger partial charge in [0.05, 0.1) is 0 Å². The number of rotatable bonds is 6. The van der Waals surface area contributed by atoms with E-state index < -0.39 is 0 Å². The van der Waals surface area contributed by atoms with Crippen LogP contribution in [-0.4, -0.2) is 51.6 Å². The molecule has 6 heteroatoms. The summed E-state index contributed by atoms with van der Waals surface area (Å²) in [7, 11) is 7.04. The zero-order chi connectivity index (χ0) is 15.0. The van der Waals surface area contributed by atoms with Crippen molar-refractivity contribution in [3.05, 3.63) is 10.6 Å². The first kappa shape index (κ1) is 39.2. The van der Waals surface area contributed by atoms with Crippen molar-refractivity contribution in [3.8, 4) is 0 Å². The zero-order valence-corrected chi connectivity index (χ0v) is 20.7. The molecule has 2 unspecified atom stereocenters. The Kier molecular flexibility index (Phi) is 34.5. The van der Waals surface area contributed by atoms with Gasteiger partial charge in [-0.25, -0.2) is 0 Å². The summed E-state index contributed by atoms with van der Waals surface area (Å²) in [5.41, 5.74) is -0.0938. The average molecular weight is 470 g/mol. The van der Waals surface area contributed by atoms with E-state index in [0.29, 0.717) is 0 Å². The van der Waals surface area contributed by atoms with Crippen molar-refractivity contribution in [2.24, 2.45) is 0 Å². The van der Waals surface area contributed by atoms with Gasteiger partial charge in [0.1, 0.15) is 0 Å². The summed E-state index contributed by atoms with van der Waals surface area (Å²) < 4.78 is 10.2. The van der Waals surface area contributed by atoms with Gasteiger partial charge in [-0.2, -0.15) is 14.1 Å². The Labute approximate surface area is 191 Å². The van der Waals surface area contributed by atoms with Crippen molar-refractivity contribution >= 4 is 0 Å². The topological polar surface area (TPSA) is 46.7 Å². The summed E-state index contributed by atoms with van der Waals surface area (Å²) in [6.07, 6.45) is 0.394. The number of ether oxygens (including phenoxy) is 2. The minimum atomic E-state index is -0.0469. The third-order valence-electron chi connectivity index (χ3n) is 3.85. The summed E-state index contributed by atoms with van der Waals surface area (Å²) in [4.78, 5) is 0. The number of hydrogen-bond donors (Lipinski definition) is 0. The molecule has 4 nitrogen and oxygen atoms in total. The molecule has 0 aromatic heterocycles. The predicted molar refractivity (Wildman–Crippen MR) is 93.1 cm³/mol. The normalized spacial score (nSPS) is 12.8. The van der Waals surface area contributed by atoms with E-state index in [1.807, 2.05) is 27.9 Å². The van der Waals surface area contributed by atoms with Crippen molar-refractivity contribution in [1.82, 2.24) is 0 Å². The molecular weight excluding hydrogens is 430 g/mol. The number of nitrogens with zero attached hydrogens (tertiary/aromatic N) is 2. The molecule has 0 aromatic carbocycles. The van der Waals surface area contributed by atoms with Crippen LogP contribution in [0.15, 0.2) is 0 Å². The largest absolute Gasteiger partial charge is 0.658 e. The van der Waals surface area contributed by atoms with E-state index in [1.165, 1.54) is 0 Å². The second-order valence-corrected chi connectivity index (χ2v) is 5.51. The van der Waals surface area contributed by atoms with Crippen molar-refractivity contribution < 1.29 is 74.9 Å². The molecule has 0 heterocycles. The van der Waals surface area contributed by atoms with E-state index in [-0.39, 0.29) is 104 Å². The number of likely N-dealkylation sites (N-methyl/N-ethyl adjacent to an activating group) is 2. The van der Waals surface area contributed by atoms with Crippen LogP contribution in [0.1, 0.15) is 56.4 Å². The summed E-state index contributed by atoms with van der Waals surface area (Å²) in [5.74, 6) is 0. The molecular formula is C16H40N2O2Y2-2. The Bertz CT molecular complexity index is 194. The summed E-state index contributed by atoms with van der Waals surface area (Å²) in [6.45, 7) is 12.3. The van der Waals surface area contributed by atoms with Crippen LogP contribution in [0.4, 0.5) is 0 Å². The van der Waals surface area contributed by atoms with E-state index in [2.05, 4.69) is 38.3 Å². The third-order valence-corrected chi connectivity index (χ3v) is 3.85. The molecule has 0 aliphatic heterocycles. The summed E-state index contributed by atoms with van der Waals surface area (Å²) in [5, 5.41) is 8.33. The number of methoxy groups -OCH3 is 2. The monoisotopic (exact) mass is 470 g/mol. The van der Waals surface area contributed by atoms with Crippen molar-refractivity contribution in [2.75, 3.05) is 28.3 Å². The molecule has 0 aliphatic rings. The second kappa shape index (κ2) is 19.4. The van der Waals surface area contributed by atoms with E-state index in [0.717, 1.165) is 0 Å². The molecule has 134 valence electrons. The molecule has 0 fully saturated rings. The molecule has 0 spiro atoms. The van der Waals surface area contributed by atoms with E-state index in [9.17, 15) is 0 Å². The smallest absolute Gasteiger partial charge is 0.0406 e. The fraction of sp³-hybridized carbons (Fsp3) is 1.00. The molecule has 2 radical (unpaired) electrons. The maximum Gasteiger partial charge on any atom is 0.0406 e. The van der Waals surface area contributed by atoms with Crippen LogP contribution >= 0.6 is 0 Å². The van der Waals surface area contributed by atoms with Gasteiger partial charge >= 0.3 is 0 Å². The second-order valence-electron chi connectivity index (χ2n) is 5.51. The van der Waals surface area contributed by atoms with Gasteiger partial charge in [0, 0.05) is 91.8 Å². The Hall–Kier alpha value is 2.05. The zero-order valence-electron chi connectivity index (χ0n) is 15.0. The Morgan fingerprint density at radius 2 is 0.864 bits per heavy atom. The van der Waals surface area contributed by atoms with Gasteiger partial charge in [0.2, 0.25) is 0 Å². The third kappa shape index (κ3) is 16.9. The van der Waals surface area contributed by atoms with Crippen molar-refractivity contribution in [1.29, 1.82) is 0 Å². The van der Waals surface area contributed by atoms with Crippen molar-refractivity contribution in [3.63, 3.8) is 0 Å². The average Bonchev–Trinajstić information content (AvgIpc) is 2.37. The van der Waals surface area contributed by atoms with Crippen LogP contribution in [0.2, 0.25) is 0 Å². The molecule has 0 saturated carbocycles. The first-order valence-electron chi connectivity index (χ1n) is 6.36. The van der Waals surface area contributed by atoms with Crippen LogP contribution in [0, 0.1) is 0 Å². The SMILES string of the molecule is C.C.C[N-]C(C)(C)C(C)OC.C[N-]C(C)(C)C(C)OC.[Y].[Y]. The van der Waals surface area contributed by atoms with Crippen LogP contribution in [0.5, 0.6) is 0 Å². The molecule has 0 aromatic rings. The van der Waals surface area contributed by atoms with Crippen LogP contribution < -0.4 is 0 Å². The maximum atomic E-state index is 5.11. The van der Waals surface area contributed by atoms with E-state index in [4.69, 9.17) is 9.47 Å². The van der Waals surface area contributed by atoms with Gasteiger partial charge in [-0.1, -0.05) is 42.5 Å². The van der Waals surface area contributed by atoms with Gasteiger partial charge in [0.25, 0.3) is 0 Å². The fourth-order valence-corrected chi connectivity index (χ4v) is 0.940. The molecule has 0 N–H and O–H groups in total. The van der Waals surface area contributed by atoms with Crippen molar-refractivity contribution in [2.45, 2.75) is 79.7 Å². The van der Waals surface area contributed by atoms with E-state index in [1.54, 1.807) is 14.2 Å². The molecule has 0 aliphatic carbocycles. The first-order chi connectivity index (χ1) is 8.08. The van der Waals surface area contributed by atoms with Crippen LogP contribution in [0.3, 0.4) is 0 Å². The number of hydrogen-bond acceptors (Lipinski definition) is 2. The van der Waals surface area contributed by atoms with Crippen LogP contribution in [0.25, 0.3) is 10.6 Å².